The van der Waals surface area contributed by atoms with E-state index < -0.39 is 27.3 Å². The molecule has 6 nitrogen and oxygen atoms in total. The summed E-state index contributed by atoms with van der Waals surface area (Å²) in [6.07, 6.45) is -3.88. The first-order valence-electron chi connectivity index (χ1n) is 10.3. The van der Waals surface area contributed by atoms with Crippen LogP contribution in [0.2, 0.25) is 0 Å². The van der Waals surface area contributed by atoms with Crippen molar-refractivity contribution in [2.24, 2.45) is 17.1 Å². The fourth-order valence-electron chi connectivity index (χ4n) is 3.81. The van der Waals surface area contributed by atoms with Crippen molar-refractivity contribution >= 4 is 15.7 Å². The van der Waals surface area contributed by atoms with Gasteiger partial charge < -0.3 is 15.4 Å². The van der Waals surface area contributed by atoms with Gasteiger partial charge in [-0.2, -0.15) is 13.2 Å². The zero-order valence-electron chi connectivity index (χ0n) is 17.4. The third-order valence-corrected chi connectivity index (χ3v) is 7.98. The lowest BCUT2D eigenvalue weighted by Crippen LogP contribution is -2.47. The number of hydrogen-bond acceptors (Lipinski definition) is 5. The van der Waals surface area contributed by atoms with E-state index in [-0.39, 0.29) is 61.2 Å². The van der Waals surface area contributed by atoms with Crippen LogP contribution in [0.25, 0.3) is 0 Å². The molecule has 0 bridgehead atoms. The molecule has 32 heavy (non-hydrogen) atoms. The van der Waals surface area contributed by atoms with E-state index in [1.807, 2.05) is 0 Å². The van der Waals surface area contributed by atoms with Gasteiger partial charge in [0.05, 0.1) is 17.0 Å². The number of nitrogens with two attached hydrogens (primary N) is 1. The quantitative estimate of drug-likeness (QED) is 0.580. The van der Waals surface area contributed by atoms with Crippen LogP contribution in [-0.4, -0.2) is 57.4 Å². The second-order valence-electron chi connectivity index (χ2n) is 8.33. The van der Waals surface area contributed by atoms with Crippen molar-refractivity contribution in [3.8, 4) is 5.75 Å². The normalized spacial score (nSPS) is 19.7. The number of benzene rings is 1. The average Bonchev–Trinajstić information content (AvgIpc) is 3.57. The molecule has 0 unspecified atom stereocenters. The minimum Gasteiger partial charge on any atom is -0.489 e. The minimum absolute atomic E-state index is 0.00453. The third kappa shape index (κ3) is 5.25. The highest BCUT2D eigenvalue weighted by Crippen LogP contribution is 2.58. The number of sulfone groups is 1. The molecule has 2 fully saturated rings. The molecule has 1 aliphatic heterocycles. The molecule has 2 aliphatic rings. The minimum atomic E-state index is -4.55. The molecular formula is C21H26F4N2O4S. The molecule has 1 aliphatic carbocycles. The Morgan fingerprint density at radius 1 is 1.19 bits per heavy atom. The van der Waals surface area contributed by atoms with Gasteiger partial charge in [0.1, 0.15) is 17.8 Å². The van der Waals surface area contributed by atoms with Crippen molar-refractivity contribution in [3.63, 3.8) is 0 Å². The van der Waals surface area contributed by atoms with Gasteiger partial charge in [0.15, 0.2) is 9.84 Å². The Morgan fingerprint density at radius 2 is 1.78 bits per heavy atom. The van der Waals surface area contributed by atoms with Crippen LogP contribution in [-0.2, 0) is 14.6 Å². The van der Waals surface area contributed by atoms with Gasteiger partial charge in [-0.3, -0.25) is 4.79 Å². The number of alkyl halides is 3. The first-order valence-corrected chi connectivity index (χ1v) is 12.0. The van der Waals surface area contributed by atoms with E-state index >= 15 is 0 Å². The van der Waals surface area contributed by atoms with Crippen LogP contribution in [0.3, 0.4) is 0 Å². The smallest absolute Gasteiger partial charge is 0.403 e. The van der Waals surface area contributed by atoms with Crippen molar-refractivity contribution in [3.05, 3.63) is 36.2 Å². The van der Waals surface area contributed by atoms with Crippen LogP contribution in [0.1, 0.15) is 25.7 Å². The zero-order chi connectivity index (χ0) is 23.6. The van der Waals surface area contributed by atoms with Crippen LogP contribution in [0.15, 0.2) is 41.1 Å². The van der Waals surface area contributed by atoms with E-state index in [2.05, 4.69) is 0 Å². The molecule has 1 amide bonds. The number of halogens is 4. The van der Waals surface area contributed by atoms with Crippen LogP contribution in [0.5, 0.6) is 5.75 Å². The molecule has 1 aromatic rings. The van der Waals surface area contributed by atoms with Crippen LogP contribution in [0, 0.1) is 11.3 Å². The molecule has 3 rings (SSSR count). The van der Waals surface area contributed by atoms with Crippen molar-refractivity contribution in [2.75, 3.05) is 32.0 Å². The summed E-state index contributed by atoms with van der Waals surface area (Å²) >= 11 is 0. The van der Waals surface area contributed by atoms with Crippen molar-refractivity contribution in [2.45, 2.75) is 36.8 Å². The second kappa shape index (κ2) is 9.38. The maximum Gasteiger partial charge on any atom is 0.403 e. The lowest BCUT2D eigenvalue weighted by atomic mass is 9.96. The van der Waals surface area contributed by atoms with E-state index in [1.54, 1.807) is 0 Å². The summed E-state index contributed by atoms with van der Waals surface area (Å²) in [6.45, 7) is 0.195. The maximum atomic E-state index is 13.2. The molecule has 0 spiro atoms. The van der Waals surface area contributed by atoms with Crippen molar-refractivity contribution in [1.82, 2.24) is 4.90 Å². The average molecular weight is 479 g/mol. The molecule has 0 atom stereocenters. The number of likely N-dealkylation sites (tertiary alicyclic amines) is 1. The fourth-order valence-corrected chi connectivity index (χ4v) is 5.51. The maximum absolute atomic E-state index is 13.2. The summed E-state index contributed by atoms with van der Waals surface area (Å²) in [6, 6.07) is 5.72. The van der Waals surface area contributed by atoms with E-state index in [0.717, 1.165) is 0 Å². The topological polar surface area (TPSA) is 89.7 Å². The Morgan fingerprint density at radius 3 is 2.25 bits per heavy atom. The van der Waals surface area contributed by atoms with Gasteiger partial charge in [-0.1, -0.05) is 0 Å². The largest absolute Gasteiger partial charge is 0.489 e. The van der Waals surface area contributed by atoms with Gasteiger partial charge in [-0.25, -0.2) is 12.8 Å². The number of carbonyl (C=O) groups excluding carboxylic acids is 1. The number of amides is 1. The van der Waals surface area contributed by atoms with Crippen LogP contribution >= 0.6 is 0 Å². The molecule has 2 N–H and O–H groups in total. The number of carbonyl (C=O) groups is 1. The molecule has 1 heterocycles. The number of piperidine rings is 1. The number of rotatable bonds is 8. The Hall–Kier alpha value is -2.14. The summed E-state index contributed by atoms with van der Waals surface area (Å²) in [5, 5.41) is 0. The molecule has 0 radical (unpaired) electrons. The highest BCUT2D eigenvalue weighted by Gasteiger charge is 2.69. The molecule has 1 saturated heterocycles. The molecular weight excluding hydrogens is 452 g/mol. The summed E-state index contributed by atoms with van der Waals surface area (Å²) in [7, 11) is -3.62. The Bertz CT molecular complexity index is 949. The standard InChI is InChI=1S/C21H26F4N2O4S/c22-11-16(12-26)13-31-17-1-3-18(4-2-17)32(29,30)14-15-5-9-27(10-6-15)19(28)20(7-8-20)21(23,24)25/h1-4,11,15H,5-10,12-14,26H2/b16-11+. The van der Waals surface area contributed by atoms with E-state index in [9.17, 15) is 30.8 Å². The molecule has 11 heteroatoms. The molecule has 1 saturated carbocycles. The van der Waals surface area contributed by atoms with E-state index in [4.69, 9.17) is 10.5 Å². The number of ether oxygens (including phenoxy) is 1. The second-order valence-corrected chi connectivity index (χ2v) is 10.4. The van der Waals surface area contributed by atoms with E-state index in [1.165, 1.54) is 29.2 Å². The molecule has 0 aromatic heterocycles. The number of hydrogen-bond donors (Lipinski definition) is 1. The SMILES string of the molecule is NC/C(=C\F)COc1ccc(S(=O)(=O)CC2CCN(C(=O)C3(C(F)(F)F)CC3)CC2)cc1. The van der Waals surface area contributed by atoms with Crippen molar-refractivity contribution in [1.29, 1.82) is 0 Å². The number of nitrogens with zero attached hydrogens (tertiary/aromatic N) is 1. The van der Waals surface area contributed by atoms with Crippen LogP contribution < -0.4 is 10.5 Å². The lowest BCUT2D eigenvalue weighted by Gasteiger charge is -2.34. The van der Waals surface area contributed by atoms with Gasteiger partial charge in [0.2, 0.25) is 5.91 Å². The Labute approximate surface area is 184 Å². The highest BCUT2D eigenvalue weighted by molar-refractivity contribution is 7.91. The predicted molar refractivity (Wildman–Crippen MR) is 109 cm³/mol. The predicted octanol–water partition coefficient (Wildman–Crippen LogP) is 3.23. The summed E-state index contributed by atoms with van der Waals surface area (Å²) in [5.41, 5.74) is 3.37. The zero-order valence-corrected chi connectivity index (χ0v) is 18.2. The van der Waals surface area contributed by atoms with Gasteiger partial charge in [0, 0.05) is 25.2 Å². The summed E-state index contributed by atoms with van der Waals surface area (Å²) in [5.74, 6) is -0.922. The lowest BCUT2D eigenvalue weighted by molar-refractivity contribution is -0.199. The first-order chi connectivity index (χ1) is 15.0. The molecule has 178 valence electrons. The first kappa shape index (κ1) is 24.5. The van der Waals surface area contributed by atoms with Crippen LogP contribution in [0.4, 0.5) is 17.6 Å². The monoisotopic (exact) mass is 478 g/mol. The summed E-state index contributed by atoms with van der Waals surface area (Å²) < 4.78 is 82.9. The van der Waals surface area contributed by atoms with Gasteiger partial charge in [-0.15, -0.1) is 0 Å². The Balaban J connectivity index is 1.54. The van der Waals surface area contributed by atoms with E-state index in [0.29, 0.717) is 24.9 Å². The molecule has 1 aromatic carbocycles. The highest BCUT2D eigenvalue weighted by atomic mass is 32.2. The fraction of sp³-hybridized carbons (Fsp3) is 0.571. The Kier molecular flexibility index (Phi) is 7.18. The van der Waals surface area contributed by atoms with Gasteiger partial charge in [0.25, 0.3) is 0 Å². The van der Waals surface area contributed by atoms with Gasteiger partial charge >= 0.3 is 6.18 Å². The third-order valence-electron chi connectivity index (χ3n) is 6.08. The van der Waals surface area contributed by atoms with Gasteiger partial charge in [-0.05, 0) is 55.9 Å². The summed E-state index contributed by atoms with van der Waals surface area (Å²) in [4.78, 5) is 13.7. The van der Waals surface area contributed by atoms with Crippen molar-refractivity contribution < 1.29 is 35.5 Å².